The van der Waals surface area contributed by atoms with E-state index in [9.17, 15) is 17.6 Å². The van der Waals surface area contributed by atoms with Crippen molar-refractivity contribution < 1.29 is 26.0 Å². The molecule has 1 aromatic carbocycles. The molecule has 0 spiro atoms. The number of benzene rings is 1. The van der Waals surface area contributed by atoms with Gasteiger partial charge in [0.05, 0.1) is 5.56 Å². The van der Waals surface area contributed by atoms with Crippen molar-refractivity contribution >= 4 is 29.6 Å². The van der Waals surface area contributed by atoms with Crippen molar-refractivity contribution in [2.75, 3.05) is 0 Å². The van der Waals surface area contributed by atoms with Crippen LogP contribution in [-0.2, 0) is 14.4 Å². The highest BCUT2D eigenvalue weighted by Crippen LogP contribution is 2.28. The smallest absolute Gasteiger partial charge is 0.207 e. The Morgan fingerprint density at radius 2 is 1.31 bits per heavy atom. The summed E-state index contributed by atoms with van der Waals surface area (Å²) in [4.78, 5) is 0. The maximum absolute atomic E-state index is 12.1. The van der Waals surface area contributed by atoms with E-state index in [1.165, 1.54) is 0 Å². The van der Waals surface area contributed by atoms with E-state index in [2.05, 4.69) is 21.4 Å². The van der Waals surface area contributed by atoms with Gasteiger partial charge in [-0.15, -0.1) is 0 Å². The molecular formula is C7H4Cl2F4O2S. The van der Waals surface area contributed by atoms with Crippen LogP contribution in [0.4, 0.5) is 17.6 Å². The Morgan fingerprint density at radius 3 is 1.56 bits per heavy atom. The Morgan fingerprint density at radius 1 is 1.00 bits per heavy atom. The first-order valence-electron chi connectivity index (χ1n) is 3.47. The molecule has 0 bridgehead atoms. The summed E-state index contributed by atoms with van der Waals surface area (Å²) in [6, 6.07) is 2.97. The molecule has 0 unspecified atom stereocenters. The molecule has 0 fully saturated rings. The monoisotopic (exact) mass is 298 g/mol. The minimum Gasteiger partial charge on any atom is -0.207 e. The molecule has 0 heterocycles. The van der Waals surface area contributed by atoms with Crippen molar-refractivity contribution in [2.45, 2.75) is 6.18 Å². The van der Waals surface area contributed by atoms with Crippen LogP contribution >= 0.6 is 21.4 Å². The summed E-state index contributed by atoms with van der Waals surface area (Å²) in [5.74, 6) is -0.669. The SMILES string of the molecule is Fc1ccc(C(F)(F)F)cc1.O=S(=O)(Cl)Cl. The maximum atomic E-state index is 12.1. The largest absolute Gasteiger partial charge is 0.416 e. The van der Waals surface area contributed by atoms with E-state index in [4.69, 9.17) is 8.42 Å². The van der Waals surface area contributed by atoms with Gasteiger partial charge in [-0.2, -0.15) is 21.6 Å². The second kappa shape index (κ2) is 5.70. The normalized spacial score (nSPS) is 11.6. The van der Waals surface area contributed by atoms with Crippen molar-refractivity contribution in [1.82, 2.24) is 0 Å². The maximum Gasteiger partial charge on any atom is 0.416 e. The van der Waals surface area contributed by atoms with Gasteiger partial charge in [0.15, 0.2) is 0 Å². The Kier molecular flexibility index (Phi) is 5.51. The van der Waals surface area contributed by atoms with Crippen LogP contribution in [0.2, 0.25) is 0 Å². The molecule has 0 saturated heterocycles. The van der Waals surface area contributed by atoms with E-state index in [-0.39, 0.29) is 0 Å². The topological polar surface area (TPSA) is 34.1 Å². The first kappa shape index (κ1) is 15.5. The predicted octanol–water partition coefficient (Wildman–Crippen LogP) is 3.55. The van der Waals surface area contributed by atoms with Gasteiger partial charge in [0, 0.05) is 21.4 Å². The minimum atomic E-state index is -4.38. The van der Waals surface area contributed by atoms with Gasteiger partial charge in [-0.1, -0.05) is 0 Å². The van der Waals surface area contributed by atoms with Crippen LogP contribution in [-0.4, -0.2) is 8.42 Å². The predicted molar refractivity (Wildman–Crippen MR) is 52.0 cm³/mol. The number of hydrogen-bond donors (Lipinski definition) is 0. The highest BCUT2D eigenvalue weighted by Gasteiger charge is 2.29. The van der Waals surface area contributed by atoms with Crippen molar-refractivity contribution in [1.29, 1.82) is 0 Å². The van der Waals surface area contributed by atoms with Crippen LogP contribution in [0.3, 0.4) is 0 Å². The van der Waals surface area contributed by atoms with Gasteiger partial charge >= 0.3 is 14.4 Å². The summed E-state index contributed by atoms with van der Waals surface area (Å²) in [6.45, 7) is 0. The van der Waals surface area contributed by atoms with Gasteiger partial charge in [0.25, 0.3) is 0 Å². The molecule has 0 aliphatic carbocycles. The highest BCUT2D eigenvalue weighted by molar-refractivity contribution is 8.31. The highest BCUT2D eigenvalue weighted by atomic mass is 36.0. The third kappa shape index (κ3) is 8.75. The lowest BCUT2D eigenvalue weighted by molar-refractivity contribution is -0.137. The zero-order valence-electron chi connectivity index (χ0n) is 7.30. The number of rotatable bonds is 0. The molecular weight excluding hydrogens is 295 g/mol. The van der Waals surface area contributed by atoms with Crippen LogP contribution < -0.4 is 0 Å². The standard InChI is InChI=1S/C7H4F4.Cl2O2S/c8-6-3-1-5(2-4-6)7(9,10)11;1-5(2,3)4/h1-4H;. The molecule has 2 nitrogen and oxygen atoms in total. The average Bonchev–Trinajstić information content (AvgIpc) is 1.99. The minimum absolute atomic E-state index is 0.669. The second-order valence-corrected chi connectivity index (χ2v) is 6.05. The Bertz CT molecular complexity index is 419. The molecule has 1 rings (SSSR count). The summed E-state index contributed by atoms with van der Waals surface area (Å²) in [5.41, 5.74) is -0.834. The van der Waals surface area contributed by atoms with Crippen LogP contribution in [0.5, 0.6) is 0 Å². The summed E-state index contributed by atoms with van der Waals surface area (Å²) in [7, 11) is 4.81. The van der Waals surface area contributed by atoms with Crippen LogP contribution in [0.25, 0.3) is 0 Å². The second-order valence-electron chi connectivity index (χ2n) is 2.38. The van der Waals surface area contributed by atoms with Gasteiger partial charge in [0.1, 0.15) is 5.82 Å². The lowest BCUT2D eigenvalue weighted by Gasteiger charge is -2.04. The van der Waals surface area contributed by atoms with Gasteiger partial charge < -0.3 is 0 Å². The molecule has 92 valence electrons. The van der Waals surface area contributed by atoms with Crippen molar-refractivity contribution in [3.05, 3.63) is 35.6 Å². The summed E-state index contributed by atoms with van der Waals surface area (Å²) >= 11 is 0. The summed E-state index contributed by atoms with van der Waals surface area (Å²) < 4.78 is 65.8. The van der Waals surface area contributed by atoms with E-state index in [0.717, 1.165) is 12.1 Å². The fourth-order valence-electron chi connectivity index (χ4n) is 0.639. The van der Waals surface area contributed by atoms with Crippen molar-refractivity contribution in [3.63, 3.8) is 0 Å². The molecule has 0 N–H and O–H groups in total. The van der Waals surface area contributed by atoms with Gasteiger partial charge in [0.2, 0.25) is 0 Å². The Balaban J connectivity index is 0.000000385. The van der Waals surface area contributed by atoms with Gasteiger partial charge in [-0.05, 0) is 24.3 Å². The fourth-order valence-corrected chi connectivity index (χ4v) is 0.639. The Hall–Kier alpha value is -0.530. The quantitative estimate of drug-likeness (QED) is 0.542. The molecule has 0 aliphatic heterocycles. The van der Waals surface area contributed by atoms with Crippen LogP contribution in [0.1, 0.15) is 5.56 Å². The average molecular weight is 299 g/mol. The van der Waals surface area contributed by atoms with E-state index in [0.29, 0.717) is 12.1 Å². The van der Waals surface area contributed by atoms with E-state index in [1.807, 2.05) is 0 Å². The summed E-state index contributed by atoms with van der Waals surface area (Å²) in [6.07, 6.45) is -4.38. The lowest BCUT2D eigenvalue weighted by atomic mass is 10.2. The third-order valence-electron chi connectivity index (χ3n) is 1.17. The zero-order chi connectivity index (χ0) is 13.0. The molecule has 0 saturated carbocycles. The third-order valence-corrected chi connectivity index (χ3v) is 1.17. The van der Waals surface area contributed by atoms with Gasteiger partial charge in [-0.3, -0.25) is 0 Å². The number of hydrogen-bond acceptors (Lipinski definition) is 2. The molecule has 0 radical (unpaired) electrons. The van der Waals surface area contributed by atoms with Crippen molar-refractivity contribution in [2.24, 2.45) is 0 Å². The van der Waals surface area contributed by atoms with E-state index < -0.39 is 25.8 Å². The fraction of sp³-hybridized carbons (Fsp3) is 0.143. The van der Waals surface area contributed by atoms with Crippen LogP contribution in [0, 0.1) is 5.82 Å². The van der Waals surface area contributed by atoms with Crippen molar-refractivity contribution in [3.8, 4) is 0 Å². The molecule has 1 aromatic rings. The zero-order valence-corrected chi connectivity index (χ0v) is 9.63. The van der Waals surface area contributed by atoms with E-state index >= 15 is 0 Å². The van der Waals surface area contributed by atoms with Crippen LogP contribution in [0.15, 0.2) is 24.3 Å². The molecule has 0 aromatic heterocycles. The molecule has 16 heavy (non-hydrogen) atoms. The Labute approximate surface area is 97.7 Å². The lowest BCUT2D eigenvalue weighted by Crippen LogP contribution is -2.03. The molecule has 0 aliphatic rings. The number of alkyl halides is 3. The van der Waals surface area contributed by atoms with Gasteiger partial charge in [-0.25, -0.2) is 4.39 Å². The molecule has 9 heteroatoms. The molecule has 0 atom stereocenters. The number of halogens is 6. The first-order chi connectivity index (χ1) is 7.00. The molecule has 0 amide bonds. The first-order valence-corrected chi connectivity index (χ1v) is 6.60. The summed E-state index contributed by atoms with van der Waals surface area (Å²) in [5, 5.41) is 0. The van der Waals surface area contributed by atoms with E-state index in [1.54, 1.807) is 0 Å².